The predicted octanol–water partition coefficient (Wildman–Crippen LogP) is 5.25. The molecule has 0 unspecified atom stereocenters. The van der Waals surface area contributed by atoms with Crippen LogP contribution in [0, 0.1) is 0 Å². The van der Waals surface area contributed by atoms with Crippen molar-refractivity contribution in [3.05, 3.63) is 47.7 Å². The minimum atomic E-state index is -1.34. The molecular weight excluding hydrogens is 356 g/mol. The summed E-state index contributed by atoms with van der Waals surface area (Å²) in [6.45, 7) is 6.89. The Bertz CT molecular complexity index is 877. The van der Waals surface area contributed by atoms with Gasteiger partial charge in [-0.2, -0.15) is 0 Å². The highest BCUT2D eigenvalue weighted by atomic mass is 28.3. The maximum Gasteiger partial charge on any atom is 0.131 e. The Kier molecular flexibility index (Phi) is 4.99. The number of methoxy groups -OCH3 is 2. The fraction of sp³-hybridized carbons (Fsp3) is 0.364. The molecule has 1 saturated carbocycles. The van der Waals surface area contributed by atoms with E-state index in [-0.39, 0.29) is 16.9 Å². The molecule has 1 fully saturated rings. The van der Waals surface area contributed by atoms with E-state index in [9.17, 15) is 10.2 Å². The van der Waals surface area contributed by atoms with Crippen LogP contribution in [-0.4, -0.2) is 32.5 Å². The zero-order valence-corrected chi connectivity index (χ0v) is 17.7. The van der Waals surface area contributed by atoms with Gasteiger partial charge >= 0.3 is 0 Å². The molecular formula is C22H28O4Si. The lowest BCUT2D eigenvalue weighted by Gasteiger charge is -2.21. The Morgan fingerprint density at radius 1 is 0.926 bits per heavy atom. The molecule has 1 aliphatic carbocycles. The van der Waals surface area contributed by atoms with Crippen LogP contribution in [0.3, 0.4) is 0 Å². The molecule has 2 N–H and O–H groups in total. The molecule has 0 heterocycles. The van der Waals surface area contributed by atoms with Gasteiger partial charge in [0.25, 0.3) is 0 Å². The summed E-state index contributed by atoms with van der Waals surface area (Å²) in [5.74, 6) is 1.18. The van der Waals surface area contributed by atoms with Crippen molar-refractivity contribution in [2.75, 3.05) is 14.2 Å². The van der Waals surface area contributed by atoms with Crippen LogP contribution in [0.25, 0.3) is 11.1 Å². The van der Waals surface area contributed by atoms with Gasteiger partial charge < -0.3 is 19.7 Å². The molecule has 2 aromatic carbocycles. The summed E-state index contributed by atoms with van der Waals surface area (Å²) in [6, 6.07) is 8.86. The number of benzene rings is 2. The van der Waals surface area contributed by atoms with E-state index < -0.39 is 8.07 Å². The number of hydrogen-bond acceptors (Lipinski definition) is 4. The topological polar surface area (TPSA) is 58.9 Å². The monoisotopic (exact) mass is 384 g/mol. The van der Waals surface area contributed by atoms with E-state index >= 15 is 0 Å². The lowest BCUT2D eigenvalue weighted by Crippen LogP contribution is -2.17. The molecule has 0 spiro atoms. The predicted molar refractivity (Wildman–Crippen MR) is 112 cm³/mol. The summed E-state index contributed by atoms with van der Waals surface area (Å²) < 4.78 is 10.9. The van der Waals surface area contributed by atoms with Gasteiger partial charge in [0.2, 0.25) is 0 Å². The number of aromatic hydroxyl groups is 2. The number of phenolic OH excluding ortho intramolecular Hbond substituents is 2. The van der Waals surface area contributed by atoms with E-state index in [2.05, 4.69) is 31.4 Å². The van der Waals surface area contributed by atoms with Crippen molar-refractivity contribution in [1.82, 2.24) is 0 Å². The fourth-order valence-corrected chi connectivity index (χ4v) is 4.22. The lowest BCUT2D eigenvalue weighted by molar-refractivity contribution is 0.399. The highest BCUT2D eigenvalue weighted by molar-refractivity contribution is 6.81. The van der Waals surface area contributed by atoms with Gasteiger partial charge in [-0.05, 0) is 31.0 Å². The largest absolute Gasteiger partial charge is 0.507 e. The van der Waals surface area contributed by atoms with Gasteiger partial charge in [0, 0.05) is 11.0 Å². The average Bonchev–Trinajstić information content (AvgIpc) is 3.40. The molecule has 0 amide bonds. The number of ether oxygens (including phenoxy) is 2. The maximum atomic E-state index is 11.2. The average molecular weight is 385 g/mol. The van der Waals surface area contributed by atoms with Crippen LogP contribution in [0.15, 0.2) is 42.1 Å². The van der Waals surface area contributed by atoms with E-state index in [0.29, 0.717) is 22.6 Å². The van der Waals surface area contributed by atoms with Gasteiger partial charge in [-0.1, -0.05) is 43.5 Å². The normalized spacial score (nSPS) is 15.7. The van der Waals surface area contributed by atoms with E-state index in [0.717, 1.165) is 18.4 Å². The molecule has 4 nitrogen and oxygen atoms in total. The number of phenols is 2. The van der Waals surface area contributed by atoms with Gasteiger partial charge in [-0.3, -0.25) is 0 Å². The summed E-state index contributed by atoms with van der Waals surface area (Å²) in [6.07, 6.45) is 4.28. The van der Waals surface area contributed by atoms with Crippen molar-refractivity contribution >= 4 is 8.07 Å². The smallest absolute Gasteiger partial charge is 0.131 e. The molecule has 0 aliphatic heterocycles. The van der Waals surface area contributed by atoms with Crippen molar-refractivity contribution in [3.63, 3.8) is 0 Å². The van der Waals surface area contributed by atoms with E-state index in [4.69, 9.17) is 9.47 Å². The van der Waals surface area contributed by atoms with Crippen LogP contribution in [0.1, 0.15) is 18.4 Å². The summed E-state index contributed by atoms with van der Waals surface area (Å²) in [5.41, 5.74) is 3.99. The highest BCUT2D eigenvalue weighted by Gasteiger charge is 2.45. The zero-order chi connectivity index (χ0) is 19.8. The van der Waals surface area contributed by atoms with Crippen LogP contribution in [0.2, 0.25) is 19.6 Å². The van der Waals surface area contributed by atoms with Crippen LogP contribution in [0.4, 0.5) is 0 Å². The lowest BCUT2D eigenvalue weighted by atomic mass is 9.90. The molecule has 5 heteroatoms. The Balaban J connectivity index is 2.20. The van der Waals surface area contributed by atoms with E-state index in [1.165, 1.54) is 0 Å². The third kappa shape index (κ3) is 3.69. The van der Waals surface area contributed by atoms with Crippen molar-refractivity contribution in [2.45, 2.75) is 37.9 Å². The summed E-state index contributed by atoms with van der Waals surface area (Å²) >= 11 is 0. The standard InChI is InChI=1S/C22H28O4Si/c1-25-17-8-6-7-16(23)19(17)20-18(26-2)10-9-15(21(20)24)22(11-12-22)13-14-27(3,4)5/h6-10,13-14,23-24H,11-12H2,1-5H3/b14-13+. The van der Waals surface area contributed by atoms with Crippen molar-refractivity contribution in [3.8, 4) is 34.1 Å². The maximum absolute atomic E-state index is 11.2. The molecule has 0 atom stereocenters. The third-order valence-electron chi connectivity index (χ3n) is 5.06. The minimum absolute atomic E-state index is 0.0441. The Hall–Kier alpha value is -2.40. The molecule has 144 valence electrons. The number of allylic oxidation sites excluding steroid dienone is 1. The molecule has 0 saturated heterocycles. The molecule has 0 aromatic heterocycles. The first kappa shape index (κ1) is 19.4. The second-order valence-electron chi connectivity index (χ2n) is 8.25. The molecule has 1 aliphatic rings. The van der Waals surface area contributed by atoms with Gasteiger partial charge in [-0.15, -0.1) is 0 Å². The quantitative estimate of drug-likeness (QED) is 0.668. The van der Waals surface area contributed by atoms with Crippen LogP contribution < -0.4 is 9.47 Å². The molecule has 0 radical (unpaired) electrons. The Labute approximate surface area is 162 Å². The van der Waals surface area contributed by atoms with Crippen LogP contribution >= 0.6 is 0 Å². The first-order valence-corrected chi connectivity index (χ1v) is 12.8. The second-order valence-corrected chi connectivity index (χ2v) is 13.3. The Morgan fingerprint density at radius 3 is 2.11 bits per heavy atom. The van der Waals surface area contributed by atoms with Crippen molar-refractivity contribution < 1.29 is 19.7 Å². The van der Waals surface area contributed by atoms with Gasteiger partial charge in [-0.25, -0.2) is 0 Å². The number of rotatable bonds is 6. The van der Waals surface area contributed by atoms with Gasteiger partial charge in [0.1, 0.15) is 23.0 Å². The van der Waals surface area contributed by atoms with Crippen molar-refractivity contribution in [2.24, 2.45) is 0 Å². The Morgan fingerprint density at radius 2 is 1.56 bits per heavy atom. The molecule has 27 heavy (non-hydrogen) atoms. The molecule has 0 bridgehead atoms. The SMILES string of the molecule is COc1cccc(O)c1-c1c(OC)ccc(C2(/C=C/[Si](C)(C)C)CC2)c1O. The van der Waals surface area contributed by atoms with E-state index in [1.807, 2.05) is 12.1 Å². The number of hydrogen-bond donors (Lipinski definition) is 2. The zero-order valence-electron chi connectivity index (χ0n) is 16.7. The first-order chi connectivity index (χ1) is 12.7. The fourth-order valence-electron chi connectivity index (χ4n) is 3.40. The van der Waals surface area contributed by atoms with E-state index in [1.54, 1.807) is 32.4 Å². The van der Waals surface area contributed by atoms with Crippen LogP contribution in [0.5, 0.6) is 23.0 Å². The van der Waals surface area contributed by atoms with Gasteiger partial charge in [0.05, 0.1) is 33.4 Å². The summed E-state index contributed by atoms with van der Waals surface area (Å²) in [4.78, 5) is 0. The third-order valence-corrected chi connectivity index (χ3v) is 6.23. The van der Waals surface area contributed by atoms with Gasteiger partial charge in [0.15, 0.2) is 0 Å². The summed E-state index contributed by atoms with van der Waals surface area (Å²) in [7, 11) is 1.76. The second kappa shape index (κ2) is 6.96. The molecule has 2 aromatic rings. The van der Waals surface area contributed by atoms with Crippen molar-refractivity contribution in [1.29, 1.82) is 0 Å². The molecule has 3 rings (SSSR count). The summed E-state index contributed by atoms with van der Waals surface area (Å²) in [5, 5.41) is 21.7. The minimum Gasteiger partial charge on any atom is -0.507 e. The highest BCUT2D eigenvalue weighted by Crippen LogP contribution is 2.57. The van der Waals surface area contributed by atoms with Crippen LogP contribution in [-0.2, 0) is 5.41 Å². The first-order valence-electron chi connectivity index (χ1n) is 9.19.